The van der Waals surface area contributed by atoms with Crippen molar-refractivity contribution in [1.82, 2.24) is 9.88 Å². The maximum atomic E-state index is 12.5. The van der Waals surface area contributed by atoms with E-state index in [1.54, 1.807) is 60.8 Å². The SMILES string of the molecule is CN(C)c1ccc(NC(=O)c2ccc(CN3C(=O)c4ccccc4C3=O)cc2)cn1. The van der Waals surface area contributed by atoms with E-state index in [1.807, 2.05) is 25.1 Å². The smallest absolute Gasteiger partial charge is 0.261 e. The van der Waals surface area contributed by atoms with Crippen LogP contribution in [0.5, 0.6) is 0 Å². The van der Waals surface area contributed by atoms with Crippen molar-refractivity contribution in [2.75, 3.05) is 24.3 Å². The summed E-state index contributed by atoms with van der Waals surface area (Å²) in [5.74, 6) is -0.0654. The minimum Gasteiger partial charge on any atom is -0.363 e. The molecule has 0 saturated heterocycles. The molecule has 7 nitrogen and oxygen atoms in total. The molecule has 0 saturated carbocycles. The van der Waals surface area contributed by atoms with Crippen LogP contribution >= 0.6 is 0 Å². The van der Waals surface area contributed by atoms with E-state index >= 15 is 0 Å². The molecule has 0 unspecified atom stereocenters. The van der Waals surface area contributed by atoms with Gasteiger partial charge in [-0.15, -0.1) is 0 Å². The Labute approximate surface area is 174 Å². The molecule has 0 fully saturated rings. The summed E-state index contributed by atoms with van der Waals surface area (Å²) in [4.78, 5) is 44.8. The molecule has 0 atom stereocenters. The first-order chi connectivity index (χ1) is 14.4. The van der Waals surface area contributed by atoms with Crippen LogP contribution in [0.25, 0.3) is 0 Å². The van der Waals surface area contributed by atoms with E-state index in [0.717, 1.165) is 11.4 Å². The zero-order valence-corrected chi connectivity index (χ0v) is 16.6. The Morgan fingerprint density at radius 3 is 2.10 bits per heavy atom. The monoisotopic (exact) mass is 400 g/mol. The van der Waals surface area contributed by atoms with Gasteiger partial charge in [0.05, 0.1) is 29.6 Å². The minimum absolute atomic E-state index is 0.157. The van der Waals surface area contributed by atoms with Crippen molar-refractivity contribution in [1.29, 1.82) is 0 Å². The largest absolute Gasteiger partial charge is 0.363 e. The number of carbonyl (C=O) groups excluding carboxylic acids is 3. The summed E-state index contributed by atoms with van der Waals surface area (Å²) in [6.45, 7) is 0.157. The number of imide groups is 1. The Kier molecular flexibility index (Phi) is 5.02. The van der Waals surface area contributed by atoms with Crippen LogP contribution in [0.1, 0.15) is 36.6 Å². The van der Waals surface area contributed by atoms with E-state index in [0.29, 0.717) is 22.4 Å². The Morgan fingerprint density at radius 2 is 1.57 bits per heavy atom. The fourth-order valence-corrected chi connectivity index (χ4v) is 3.25. The lowest BCUT2D eigenvalue weighted by Gasteiger charge is -2.14. The van der Waals surface area contributed by atoms with Crippen LogP contribution in [0.3, 0.4) is 0 Å². The molecule has 0 aliphatic carbocycles. The molecule has 0 spiro atoms. The molecule has 2 heterocycles. The Hall–Kier alpha value is -4.00. The highest BCUT2D eigenvalue weighted by atomic mass is 16.2. The lowest BCUT2D eigenvalue weighted by molar-refractivity contribution is 0.0642. The summed E-state index contributed by atoms with van der Waals surface area (Å²) in [5.41, 5.74) is 2.68. The van der Waals surface area contributed by atoms with Crippen molar-refractivity contribution in [3.63, 3.8) is 0 Å². The van der Waals surface area contributed by atoms with Gasteiger partial charge in [0.15, 0.2) is 0 Å². The minimum atomic E-state index is -0.300. The fourth-order valence-electron chi connectivity index (χ4n) is 3.25. The third kappa shape index (κ3) is 3.65. The normalized spacial score (nSPS) is 12.7. The molecule has 2 aromatic carbocycles. The lowest BCUT2D eigenvalue weighted by atomic mass is 10.1. The van der Waals surface area contributed by atoms with E-state index in [4.69, 9.17) is 0 Å². The molecule has 1 aliphatic rings. The molecule has 0 bridgehead atoms. The average molecular weight is 400 g/mol. The van der Waals surface area contributed by atoms with Crippen molar-refractivity contribution in [2.24, 2.45) is 0 Å². The molecular weight excluding hydrogens is 380 g/mol. The van der Waals surface area contributed by atoms with Gasteiger partial charge in [-0.3, -0.25) is 19.3 Å². The van der Waals surface area contributed by atoms with Crippen LogP contribution < -0.4 is 10.2 Å². The molecule has 3 amide bonds. The van der Waals surface area contributed by atoms with Crippen molar-refractivity contribution in [3.8, 4) is 0 Å². The van der Waals surface area contributed by atoms with Gasteiger partial charge in [-0.05, 0) is 42.0 Å². The first-order valence-corrected chi connectivity index (χ1v) is 9.43. The van der Waals surface area contributed by atoms with Crippen LogP contribution in [0.2, 0.25) is 0 Å². The van der Waals surface area contributed by atoms with Crippen LogP contribution in [-0.2, 0) is 6.54 Å². The van der Waals surface area contributed by atoms with Crippen molar-refractivity contribution in [3.05, 3.63) is 89.1 Å². The number of hydrogen-bond donors (Lipinski definition) is 1. The summed E-state index contributed by atoms with van der Waals surface area (Å²) in [6.07, 6.45) is 1.60. The van der Waals surface area contributed by atoms with Gasteiger partial charge in [-0.1, -0.05) is 24.3 Å². The van der Waals surface area contributed by atoms with E-state index in [2.05, 4.69) is 10.3 Å². The number of benzene rings is 2. The standard InChI is InChI=1S/C23H20N4O3/c1-26(2)20-12-11-17(13-24-20)25-21(28)16-9-7-15(8-10-16)14-27-22(29)18-5-3-4-6-19(18)23(27)30/h3-13H,14H2,1-2H3,(H,25,28). The van der Waals surface area contributed by atoms with Crippen LogP contribution in [0.4, 0.5) is 11.5 Å². The quantitative estimate of drug-likeness (QED) is 0.665. The van der Waals surface area contributed by atoms with E-state index in [-0.39, 0.29) is 24.3 Å². The first kappa shape index (κ1) is 19.3. The highest BCUT2D eigenvalue weighted by Gasteiger charge is 2.34. The van der Waals surface area contributed by atoms with Crippen molar-refractivity contribution in [2.45, 2.75) is 6.54 Å². The predicted octanol–water partition coefficient (Wildman–Crippen LogP) is 3.20. The number of fused-ring (bicyclic) bond motifs is 1. The predicted molar refractivity (Wildman–Crippen MR) is 114 cm³/mol. The first-order valence-electron chi connectivity index (χ1n) is 9.43. The number of hydrogen-bond acceptors (Lipinski definition) is 5. The van der Waals surface area contributed by atoms with Crippen molar-refractivity contribution >= 4 is 29.2 Å². The fraction of sp³-hybridized carbons (Fsp3) is 0.130. The second-order valence-electron chi connectivity index (χ2n) is 7.19. The van der Waals surface area contributed by atoms with Gasteiger partial charge < -0.3 is 10.2 Å². The second kappa shape index (κ2) is 7.79. The van der Waals surface area contributed by atoms with Gasteiger partial charge in [0.25, 0.3) is 17.7 Å². The van der Waals surface area contributed by atoms with Crippen LogP contribution in [0.15, 0.2) is 66.9 Å². The maximum Gasteiger partial charge on any atom is 0.261 e. The molecule has 4 rings (SSSR count). The van der Waals surface area contributed by atoms with Gasteiger partial charge in [0.1, 0.15) is 5.82 Å². The summed E-state index contributed by atoms with van der Waals surface area (Å²) < 4.78 is 0. The number of amides is 3. The van der Waals surface area contributed by atoms with Crippen LogP contribution in [-0.4, -0.2) is 41.7 Å². The van der Waals surface area contributed by atoms with Gasteiger partial charge in [-0.25, -0.2) is 4.98 Å². The zero-order chi connectivity index (χ0) is 21.3. The van der Waals surface area contributed by atoms with Gasteiger partial charge in [0.2, 0.25) is 0 Å². The molecular formula is C23H20N4O3. The molecule has 150 valence electrons. The molecule has 1 N–H and O–H groups in total. The Morgan fingerprint density at radius 1 is 0.933 bits per heavy atom. The van der Waals surface area contributed by atoms with E-state index < -0.39 is 0 Å². The number of carbonyl (C=O) groups is 3. The average Bonchev–Trinajstić information content (AvgIpc) is 3.00. The van der Waals surface area contributed by atoms with Gasteiger partial charge >= 0.3 is 0 Å². The summed E-state index contributed by atoms with van der Waals surface area (Å²) in [5, 5.41) is 2.80. The van der Waals surface area contributed by atoms with Crippen molar-refractivity contribution < 1.29 is 14.4 Å². The molecule has 0 radical (unpaired) electrons. The molecule has 3 aromatic rings. The summed E-state index contributed by atoms with van der Waals surface area (Å²) in [6, 6.07) is 17.2. The number of nitrogens with zero attached hydrogens (tertiary/aromatic N) is 3. The maximum absolute atomic E-state index is 12.5. The van der Waals surface area contributed by atoms with E-state index in [1.165, 1.54) is 4.90 Å². The Balaban J connectivity index is 1.42. The zero-order valence-electron chi connectivity index (χ0n) is 16.6. The molecule has 7 heteroatoms. The van der Waals surface area contributed by atoms with Gasteiger partial charge in [0, 0.05) is 19.7 Å². The molecule has 1 aromatic heterocycles. The van der Waals surface area contributed by atoms with Gasteiger partial charge in [-0.2, -0.15) is 0 Å². The number of anilines is 2. The Bertz CT molecular complexity index is 1090. The summed E-state index contributed by atoms with van der Waals surface area (Å²) >= 11 is 0. The van der Waals surface area contributed by atoms with Crippen LogP contribution in [0, 0.1) is 0 Å². The molecule has 1 aliphatic heterocycles. The summed E-state index contributed by atoms with van der Waals surface area (Å²) in [7, 11) is 3.79. The number of pyridine rings is 1. The number of nitrogens with one attached hydrogen (secondary N) is 1. The highest BCUT2D eigenvalue weighted by molar-refractivity contribution is 6.21. The van der Waals surface area contributed by atoms with E-state index in [9.17, 15) is 14.4 Å². The lowest BCUT2D eigenvalue weighted by Crippen LogP contribution is -2.29. The highest BCUT2D eigenvalue weighted by Crippen LogP contribution is 2.24. The third-order valence-corrected chi connectivity index (χ3v) is 4.90. The third-order valence-electron chi connectivity index (χ3n) is 4.90. The number of rotatable bonds is 5. The number of aromatic nitrogens is 1. The topological polar surface area (TPSA) is 82.6 Å². The molecule has 30 heavy (non-hydrogen) atoms. The second-order valence-corrected chi connectivity index (χ2v) is 7.19.